The number of H-pyrrole nitrogens is 1. The molecule has 6 heteroatoms. The molecule has 1 aromatic carbocycles. The molecular formula is C23H19N5O. The van der Waals surface area contributed by atoms with Crippen molar-refractivity contribution in [2.75, 3.05) is 13.7 Å². The molecule has 6 nitrogen and oxygen atoms in total. The zero-order valence-corrected chi connectivity index (χ0v) is 16.0. The van der Waals surface area contributed by atoms with Crippen LogP contribution in [0.4, 0.5) is 0 Å². The molecule has 4 aromatic rings. The average Bonchev–Trinajstić information content (AvgIpc) is 3.46. The summed E-state index contributed by atoms with van der Waals surface area (Å²) in [5, 5.41) is 6.85. The monoisotopic (exact) mass is 381 g/mol. The molecule has 1 N–H and O–H groups in total. The molecule has 0 fully saturated rings. The van der Waals surface area contributed by atoms with Gasteiger partial charge in [-0.3, -0.25) is 15.1 Å². The van der Waals surface area contributed by atoms with Crippen molar-refractivity contribution in [1.82, 2.24) is 20.2 Å². The molecule has 142 valence electrons. The number of pyridine rings is 2. The Labute approximate surface area is 168 Å². The molecule has 0 amide bonds. The third-order valence-electron chi connectivity index (χ3n) is 4.96. The van der Waals surface area contributed by atoms with Gasteiger partial charge >= 0.3 is 0 Å². The molecule has 0 radical (unpaired) electrons. The standard InChI is InChI=1S/C23H19N5O/c1-29-14-15-3-2-4-16(9-15)23-19(7-8-24-23)20-5-6-21-22(28-20)10-17(11-25-21)18-12-26-27-13-18/h2-7,9-13H,8,14H2,1H3,(H,26,27). The Hall–Kier alpha value is -3.64. The number of aromatic amines is 1. The number of methoxy groups -OCH3 is 1. The van der Waals surface area contributed by atoms with Crippen LogP contribution in [0.1, 0.15) is 16.8 Å². The third kappa shape index (κ3) is 3.34. The summed E-state index contributed by atoms with van der Waals surface area (Å²) in [4.78, 5) is 14.2. The SMILES string of the molecule is COCc1cccc(C2=NCC=C2c2ccc3ncc(-c4cn[nH]c4)cc3n2)c1. The van der Waals surface area contributed by atoms with Crippen LogP contribution in [0.2, 0.25) is 0 Å². The van der Waals surface area contributed by atoms with E-state index in [2.05, 4.69) is 39.5 Å². The van der Waals surface area contributed by atoms with Crippen LogP contribution >= 0.6 is 0 Å². The number of hydrogen-bond acceptors (Lipinski definition) is 5. The van der Waals surface area contributed by atoms with Gasteiger partial charge < -0.3 is 4.74 Å². The Kier molecular flexibility index (Phi) is 4.46. The molecule has 0 aliphatic carbocycles. The number of ether oxygens (including phenoxy) is 1. The number of allylic oxidation sites excluding steroid dienone is 1. The van der Waals surface area contributed by atoms with Crippen LogP contribution in [0.25, 0.3) is 27.7 Å². The maximum Gasteiger partial charge on any atom is 0.0900 e. The van der Waals surface area contributed by atoms with Gasteiger partial charge in [-0.1, -0.05) is 24.3 Å². The van der Waals surface area contributed by atoms with Gasteiger partial charge in [-0.05, 0) is 29.8 Å². The van der Waals surface area contributed by atoms with Crippen LogP contribution in [0.5, 0.6) is 0 Å². The van der Waals surface area contributed by atoms with E-state index in [1.165, 1.54) is 0 Å². The zero-order valence-electron chi connectivity index (χ0n) is 16.0. The second kappa shape index (κ2) is 7.41. The van der Waals surface area contributed by atoms with Gasteiger partial charge in [0.1, 0.15) is 0 Å². The first-order chi connectivity index (χ1) is 14.3. The van der Waals surface area contributed by atoms with Crippen LogP contribution in [-0.2, 0) is 11.3 Å². The van der Waals surface area contributed by atoms with Crippen molar-refractivity contribution in [2.24, 2.45) is 4.99 Å². The zero-order chi connectivity index (χ0) is 19.6. The highest BCUT2D eigenvalue weighted by Gasteiger charge is 2.18. The molecule has 29 heavy (non-hydrogen) atoms. The van der Waals surface area contributed by atoms with E-state index in [1.54, 1.807) is 13.3 Å². The fourth-order valence-corrected chi connectivity index (χ4v) is 3.58. The van der Waals surface area contributed by atoms with E-state index in [9.17, 15) is 0 Å². The van der Waals surface area contributed by atoms with Crippen LogP contribution in [-0.4, -0.2) is 39.5 Å². The van der Waals surface area contributed by atoms with E-state index in [-0.39, 0.29) is 0 Å². The number of nitrogens with one attached hydrogen (secondary N) is 1. The second-order valence-electron chi connectivity index (χ2n) is 6.89. The summed E-state index contributed by atoms with van der Waals surface area (Å²) in [6.45, 7) is 1.24. The molecule has 0 saturated carbocycles. The Balaban J connectivity index is 1.53. The molecule has 5 rings (SSSR count). The summed E-state index contributed by atoms with van der Waals surface area (Å²) in [5.41, 5.74) is 8.80. The number of benzene rings is 1. The van der Waals surface area contributed by atoms with Gasteiger partial charge in [0.15, 0.2) is 0 Å². The Bertz CT molecular complexity index is 1240. The first-order valence-corrected chi connectivity index (χ1v) is 9.41. The number of aromatic nitrogens is 4. The minimum absolute atomic E-state index is 0.580. The van der Waals surface area contributed by atoms with Crippen molar-refractivity contribution in [3.63, 3.8) is 0 Å². The summed E-state index contributed by atoms with van der Waals surface area (Å²) >= 11 is 0. The first kappa shape index (κ1) is 17.5. The van der Waals surface area contributed by atoms with Crippen LogP contribution < -0.4 is 0 Å². The molecule has 1 aliphatic heterocycles. The number of hydrogen-bond donors (Lipinski definition) is 1. The quantitative estimate of drug-likeness (QED) is 0.566. The molecule has 1 aliphatic rings. The number of rotatable bonds is 5. The molecular weight excluding hydrogens is 362 g/mol. The molecule has 4 heterocycles. The summed E-state index contributed by atoms with van der Waals surface area (Å²) in [7, 11) is 1.70. The van der Waals surface area contributed by atoms with Gasteiger partial charge in [0, 0.05) is 41.8 Å². The van der Waals surface area contributed by atoms with Crippen molar-refractivity contribution in [2.45, 2.75) is 6.61 Å². The van der Waals surface area contributed by atoms with E-state index < -0.39 is 0 Å². The largest absolute Gasteiger partial charge is 0.380 e. The van der Waals surface area contributed by atoms with Gasteiger partial charge in [-0.2, -0.15) is 5.10 Å². The molecule has 0 atom stereocenters. The predicted octanol–water partition coefficient (Wildman–Crippen LogP) is 4.05. The van der Waals surface area contributed by atoms with E-state index >= 15 is 0 Å². The lowest BCUT2D eigenvalue weighted by Gasteiger charge is -2.10. The molecule has 0 bridgehead atoms. The van der Waals surface area contributed by atoms with Crippen LogP contribution in [0.3, 0.4) is 0 Å². The summed E-state index contributed by atoms with van der Waals surface area (Å²) in [5.74, 6) is 0. The number of aliphatic imine (C=N–C) groups is 1. The maximum absolute atomic E-state index is 5.27. The van der Waals surface area contributed by atoms with Gasteiger partial charge in [0.2, 0.25) is 0 Å². The van der Waals surface area contributed by atoms with Crippen molar-refractivity contribution in [3.8, 4) is 11.1 Å². The maximum atomic E-state index is 5.27. The van der Waals surface area contributed by atoms with Gasteiger partial charge in [0.25, 0.3) is 0 Å². The molecule has 3 aromatic heterocycles. The lowest BCUT2D eigenvalue weighted by atomic mass is 9.98. The van der Waals surface area contributed by atoms with Crippen molar-refractivity contribution < 1.29 is 4.74 Å². The van der Waals surface area contributed by atoms with Crippen molar-refractivity contribution >= 4 is 22.3 Å². The van der Waals surface area contributed by atoms with Gasteiger partial charge in [-0.15, -0.1) is 0 Å². The van der Waals surface area contributed by atoms with Crippen LogP contribution in [0.15, 0.2) is 72.1 Å². The summed E-state index contributed by atoms with van der Waals surface area (Å²) in [6.07, 6.45) is 7.60. The van der Waals surface area contributed by atoms with E-state index in [4.69, 9.17) is 14.7 Å². The van der Waals surface area contributed by atoms with E-state index in [1.807, 2.05) is 36.7 Å². The van der Waals surface area contributed by atoms with Crippen LogP contribution in [0, 0.1) is 0 Å². The molecule has 0 spiro atoms. The van der Waals surface area contributed by atoms with Gasteiger partial charge in [0.05, 0.1) is 41.8 Å². The highest BCUT2D eigenvalue weighted by Crippen LogP contribution is 2.27. The number of nitrogens with zero attached hydrogens (tertiary/aromatic N) is 4. The van der Waals surface area contributed by atoms with E-state index in [0.29, 0.717) is 13.2 Å². The highest BCUT2D eigenvalue weighted by molar-refractivity contribution is 6.32. The minimum Gasteiger partial charge on any atom is -0.380 e. The minimum atomic E-state index is 0.580. The van der Waals surface area contributed by atoms with Crippen molar-refractivity contribution in [1.29, 1.82) is 0 Å². The third-order valence-corrected chi connectivity index (χ3v) is 4.96. The van der Waals surface area contributed by atoms with Gasteiger partial charge in [-0.25, -0.2) is 4.98 Å². The predicted molar refractivity (Wildman–Crippen MR) is 114 cm³/mol. The fraction of sp³-hybridized carbons (Fsp3) is 0.130. The Morgan fingerprint density at radius 2 is 1.97 bits per heavy atom. The lowest BCUT2D eigenvalue weighted by Crippen LogP contribution is -2.04. The first-order valence-electron chi connectivity index (χ1n) is 9.41. The number of fused-ring (bicyclic) bond motifs is 1. The van der Waals surface area contributed by atoms with Crippen molar-refractivity contribution in [3.05, 3.63) is 84.0 Å². The summed E-state index contributed by atoms with van der Waals surface area (Å²) < 4.78 is 5.27. The molecule has 0 saturated heterocycles. The Morgan fingerprint density at radius 1 is 1.00 bits per heavy atom. The second-order valence-corrected chi connectivity index (χ2v) is 6.89. The molecule has 0 unspecified atom stereocenters. The van der Waals surface area contributed by atoms with E-state index in [0.717, 1.165) is 50.3 Å². The lowest BCUT2D eigenvalue weighted by molar-refractivity contribution is 0.185. The Morgan fingerprint density at radius 3 is 2.83 bits per heavy atom. The fourth-order valence-electron chi connectivity index (χ4n) is 3.58. The highest BCUT2D eigenvalue weighted by atomic mass is 16.5. The average molecular weight is 381 g/mol. The summed E-state index contributed by atoms with van der Waals surface area (Å²) in [6, 6.07) is 14.4. The topological polar surface area (TPSA) is 76.1 Å². The normalized spacial score (nSPS) is 13.6. The smallest absolute Gasteiger partial charge is 0.0900 e.